The predicted octanol–water partition coefficient (Wildman–Crippen LogP) is 4.59. The number of amides is 2. The monoisotopic (exact) mass is 401 g/mol. The fourth-order valence-electron chi connectivity index (χ4n) is 3.91. The number of carbonyl (C=O) groups excluding carboxylic acids is 3. The molecule has 3 aromatic carbocycles. The molecule has 152 valence electrons. The number of ether oxygens (including phenoxy) is 1. The highest BCUT2D eigenvalue weighted by Gasteiger charge is 2.43. The van der Waals surface area contributed by atoms with E-state index in [1.54, 1.807) is 24.3 Å². The first-order valence-electron chi connectivity index (χ1n) is 10.1. The molecule has 0 saturated carbocycles. The van der Waals surface area contributed by atoms with Gasteiger partial charge in [0.2, 0.25) is 0 Å². The first-order chi connectivity index (χ1) is 14.5. The first-order valence-corrected chi connectivity index (χ1v) is 10.1. The van der Waals surface area contributed by atoms with Crippen molar-refractivity contribution in [2.24, 2.45) is 5.92 Å². The van der Waals surface area contributed by atoms with E-state index in [9.17, 15) is 14.4 Å². The molecule has 0 saturated heterocycles. The van der Waals surface area contributed by atoms with Crippen molar-refractivity contribution in [2.75, 3.05) is 0 Å². The Morgan fingerprint density at radius 2 is 1.47 bits per heavy atom. The quantitative estimate of drug-likeness (QED) is 0.448. The molecule has 5 nitrogen and oxygen atoms in total. The maximum absolute atomic E-state index is 13.0. The van der Waals surface area contributed by atoms with Gasteiger partial charge in [0, 0.05) is 0 Å². The predicted molar refractivity (Wildman–Crippen MR) is 114 cm³/mol. The highest BCUT2D eigenvalue weighted by atomic mass is 16.5. The van der Waals surface area contributed by atoms with Crippen LogP contribution in [0.4, 0.5) is 0 Å². The molecule has 0 fully saturated rings. The van der Waals surface area contributed by atoms with E-state index in [-0.39, 0.29) is 12.5 Å². The van der Waals surface area contributed by atoms with Crippen LogP contribution < -0.4 is 0 Å². The highest BCUT2D eigenvalue weighted by molar-refractivity contribution is 6.22. The molecule has 4 rings (SSSR count). The van der Waals surface area contributed by atoms with Crippen molar-refractivity contribution < 1.29 is 19.1 Å². The smallest absolute Gasteiger partial charge is 0.329 e. The Morgan fingerprint density at radius 1 is 0.867 bits per heavy atom. The number of carbonyl (C=O) groups is 3. The van der Waals surface area contributed by atoms with E-state index in [4.69, 9.17) is 4.74 Å². The van der Waals surface area contributed by atoms with E-state index in [1.165, 1.54) is 0 Å². The molecule has 5 heteroatoms. The first kappa shape index (κ1) is 19.8. The van der Waals surface area contributed by atoms with Crippen molar-refractivity contribution in [3.05, 3.63) is 83.4 Å². The van der Waals surface area contributed by atoms with Gasteiger partial charge >= 0.3 is 5.97 Å². The minimum absolute atomic E-state index is 0.0813. The van der Waals surface area contributed by atoms with Crippen molar-refractivity contribution in [1.82, 2.24) is 4.90 Å². The summed E-state index contributed by atoms with van der Waals surface area (Å²) in [5.74, 6) is -1.35. The highest BCUT2D eigenvalue weighted by Crippen LogP contribution is 2.28. The van der Waals surface area contributed by atoms with E-state index in [2.05, 4.69) is 0 Å². The van der Waals surface area contributed by atoms with Gasteiger partial charge in [-0.3, -0.25) is 14.5 Å². The van der Waals surface area contributed by atoms with Crippen LogP contribution >= 0.6 is 0 Å². The van der Waals surface area contributed by atoms with Crippen LogP contribution in [0.5, 0.6) is 0 Å². The lowest BCUT2D eigenvalue weighted by molar-refractivity contribution is -0.150. The standard InChI is InChI=1S/C25H23NO4/c1-16(2)14-22(26-23(27)20-12-5-6-13-21(20)24(26)28)25(29)30-15-18-10-7-9-17-8-3-4-11-19(17)18/h3-13,16,22H,14-15H2,1-2H3. The van der Waals surface area contributed by atoms with Gasteiger partial charge in [0.25, 0.3) is 11.8 Å². The van der Waals surface area contributed by atoms with Crippen molar-refractivity contribution in [3.8, 4) is 0 Å². The molecular formula is C25H23NO4. The molecule has 1 atom stereocenters. The van der Waals surface area contributed by atoms with Gasteiger partial charge in [-0.2, -0.15) is 0 Å². The number of esters is 1. The van der Waals surface area contributed by atoms with Crippen LogP contribution in [-0.2, 0) is 16.1 Å². The number of imide groups is 1. The Labute approximate surface area is 175 Å². The van der Waals surface area contributed by atoms with Gasteiger partial charge in [0.1, 0.15) is 12.6 Å². The summed E-state index contributed by atoms with van der Waals surface area (Å²) in [6, 6.07) is 19.4. The fourth-order valence-corrected chi connectivity index (χ4v) is 3.91. The number of nitrogens with zero attached hydrogens (tertiary/aromatic N) is 1. The third kappa shape index (κ3) is 3.59. The molecule has 3 aromatic rings. The van der Waals surface area contributed by atoms with Gasteiger partial charge in [-0.1, -0.05) is 68.4 Å². The summed E-state index contributed by atoms with van der Waals surface area (Å²) in [7, 11) is 0. The zero-order valence-corrected chi connectivity index (χ0v) is 17.0. The summed E-state index contributed by atoms with van der Waals surface area (Å²) in [6.45, 7) is 3.98. The zero-order valence-electron chi connectivity index (χ0n) is 17.0. The average molecular weight is 401 g/mol. The Hall–Kier alpha value is -3.47. The summed E-state index contributed by atoms with van der Waals surface area (Å²) in [6.07, 6.45) is 0.347. The molecule has 0 aliphatic carbocycles. The van der Waals surface area contributed by atoms with Gasteiger partial charge < -0.3 is 4.74 Å². The topological polar surface area (TPSA) is 63.7 Å². The van der Waals surface area contributed by atoms with Gasteiger partial charge in [-0.15, -0.1) is 0 Å². The zero-order chi connectivity index (χ0) is 21.3. The Balaban J connectivity index is 1.58. The summed E-state index contributed by atoms with van der Waals surface area (Å²) < 4.78 is 5.62. The fraction of sp³-hybridized carbons (Fsp3) is 0.240. The second-order valence-corrected chi connectivity index (χ2v) is 7.92. The van der Waals surface area contributed by atoms with E-state index in [0.717, 1.165) is 21.2 Å². The number of benzene rings is 3. The van der Waals surface area contributed by atoms with E-state index >= 15 is 0 Å². The van der Waals surface area contributed by atoms with E-state index < -0.39 is 23.8 Å². The molecule has 30 heavy (non-hydrogen) atoms. The molecule has 0 spiro atoms. The lowest BCUT2D eigenvalue weighted by Gasteiger charge is -2.26. The van der Waals surface area contributed by atoms with Crippen LogP contribution in [0.25, 0.3) is 10.8 Å². The maximum Gasteiger partial charge on any atom is 0.329 e. The molecule has 0 N–H and O–H groups in total. The van der Waals surface area contributed by atoms with Gasteiger partial charge in [-0.05, 0) is 40.8 Å². The Morgan fingerprint density at radius 3 is 2.13 bits per heavy atom. The third-order valence-electron chi connectivity index (χ3n) is 5.35. The normalized spacial score (nSPS) is 14.3. The number of rotatable bonds is 6. The maximum atomic E-state index is 13.0. The van der Waals surface area contributed by atoms with E-state index in [0.29, 0.717) is 17.5 Å². The lowest BCUT2D eigenvalue weighted by Crippen LogP contribution is -2.46. The number of hydrogen-bond donors (Lipinski definition) is 0. The van der Waals surface area contributed by atoms with Crippen molar-refractivity contribution >= 4 is 28.6 Å². The molecule has 0 aromatic heterocycles. The molecule has 2 amide bonds. The molecule has 1 aliphatic rings. The summed E-state index contributed by atoms with van der Waals surface area (Å²) >= 11 is 0. The van der Waals surface area contributed by atoms with Crippen LogP contribution in [0.1, 0.15) is 46.5 Å². The molecule has 0 radical (unpaired) electrons. The van der Waals surface area contributed by atoms with Crippen molar-refractivity contribution in [3.63, 3.8) is 0 Å². The minimum Gasteiger partial charge on any atom is -0.459 e. The SMILES string of the molecule is CC(C)CC(C(=O)OCc1cccc2ccccc12)N1C(=O)c2ccccc2C1=O. The Bertz CT molecular complexity index is 1090. The van der Waals surface area contributed by atoms with Gasteiger partial charge in [0.15, 0.2) is 0 Å². The van der Waals surface area contributed by atoms with Crippen LogP contribution in [0.3, 0.4) is 0 Å². The molecule has 1 unspecified atom stereocenters. The largest absolute Gasteiger partial charge is 0.459 e. The summed E-state index contributed by atoms with van der Waals surface area (Å²) in [5.41, 5.74) is 1.54. The Kier molecular flexibility index (Phi) is 5.36. The number of fused-ring (bicyclic) bond motifs is 2. The third-order valence-corrected chi connectivity index (χ3v) is 5.35. The van der Waals surface area contributed by atoms with Crippen LogP contribution in [0, 0.1) is 5.92 Å². The molecule has 1 heterocycles. The molecule has 0 bridgehead atoms. The van der Waals surface area contributed by atoms with Gasteiger partial charge in [0.05, 0.1) is 11.1 Å². The molecule has 1 aliphatic heterocycles. The second kappa shape index (κ2) is 8.11. The average Bonchev–Trinajstić information content (AvgIpc) is 3.00. The van der Waals surface area contributed by atoms with Crippen molar-refractivity contribution in [1.29, 1.82) is 0 Å². The van der Waals surface area contributed by atoms with Crippen molar-refractivity contribution in [2.45, 2.75) is 32.9 Å². The summed E-state index contributed by atoms with van der Waals surface area (Å²) in [5, 5.41) is 2.07. The van der Waals surface area contributed by atoms with E-state index in [1.807, 2.05) is 56.3 Å². The minimum atomic E-state index is -0.952. The summed E-state index contributed by atoms with van der Waals surface area (Å²) in [4.78, 5) is 39.9. The van der Waals surface area contributed by atoms with Crippen LogP contribution in [-0.4, -0.2) is 28.7 Å². The van der Waals surface area contributed by atoms with Crippen LogP contribution in [0.2, 0.25) is 0 Å². The lowest BCUT2D eigenvalue weighted by atomic mass is 10.0. The number of hydrogen-bond acceptors (Lipinski definition) is 4. The van der Waals surface area contributed by atoms with Crippen LogP contribution in [0.15, 0.2) is 66.7 Å². The van der Waals surface area contributed by atoms with Gasteiger partial charge in [-0.25, -0.2) is 4.79 Å². The second-order valence-electron chi connectivity index (χ2n) is 7.92. The molecular weight excluding hydrogens is 378 g/mol.